The van der Waals surface area contributed by atoms with E-state index >= 15 is 0 Å². The van der Waals surface area contributed by atoms with Crippen LogP contribution >= 0.6 is 0 Å². The van der Waals surface area contributed by atoms with Crippen LogP contribution in [0.1, 0.15) is 25.7 Å². The van der Waals surface area contributed by atoms with E-state index in [0.717, 1.165) is 4.90 Å². The van der Waals surface area contributed by atoms with Gasteiger partial charge in [-0.25, -0.2) is 25.9 Å². The zero-order valence-electron chi connectivity index (χ0n) is 12.8. The second kappa shape index (κ2) is 6.70. The molecule has 1 saturated carbocycles. The molecule has 0 aromatic rings. The summed E-state index contributed by atoms with van der Waals surface area (Å²) in [6, 6.07) is -1.63. The summed E-state index contributed by atoms with van der Waals surface area (Å²) in [7, 11) is -8.97. The van der Waals surface area contributed by atoms with Gasteiger partial charge in [0, 0.05) is 6.54 Å². The largest absolute Gasteiger partial charge is 1.00 e. The first-order valence-corrected chi connectivity index (χ1v) is 9.71. The summed E-state index contributed by atoms with van der Waals surface area (Å²) in [6.07, 6.45) is 0.385. The van der Waals surface area contributed by atoms with Crippen LogP contribution in [0, 0.1) is 0 Å². The van der Waals surface area contributed by atoms with Crippen molar-refractivity contribution in [1.29, 1.82) is 0 Å². The molecule has 3 amide bonds. The molecule has 2 bridgehead atoms. The Hall–Kier alpha value is -0.440. The SMILES string of the molecule is O=CN([C@H]1CC[C@@H]2CN1C(=O)N2OS(=O)(=O)[O-])S(=O)(=O)C1CC1.[Na+]. The first kappa shape index (κ1) is 19.9. The summed E-state index contributed by atoms with van der Waals surface area (Å²) in [6.45, 7) is -0.0243. The van der Waals surface area contributed by atoms with E-state index in [1.54, 1.807) is 0 Å². The van der Waals surface area contributed by atoms with Crippen LogP contribution in [-0.2, 0) is 29.5 Å². The Morgan fingerprint density at radius 2 is 1.79 bits per heavy atom. The molecule has 24 heavy (non-hydrogen) atoms. The number of sulfonamides is 1. The smallest absolute Gasteiger partial charge is 0.724 e. The Labute approximate surface area is 161 Å². The Kier molecular flexibility index (Phi) is 5.55. The molecule has 2 saturated heterocycles. The number of carbonyl (C=O) groups excluding carboxylic acids is 2. The van der Waals surface area contributed by atoms with Gasteiger partial charge in [0.15, 0.2) is 0 Å². The molecular weight excluding hydrogens is 377 g/mol. The molecule has 2 aliphatic heterocycles. The van der Waals surface area contributed by atoms with Crippen molar-refractivity contribution in [3.63, 3.8) is 0 Å². The van der Waals surface area contributed by atoms with Gasteiger partial charge in [-0.1, -0.05) is 0 Å². The van der Waals surface area contributed by atoms with Crippen molar-refractivity contribution in [2.75, 3.05) is 6.54 Å². The zero-order chi connectivity index (χ0) is 17.0. The zero-order valence-corrected chi connectivity index (χ0v) is 16.4. The minimum Gasteiger partial charge on any atom is -0.724 e. The van der Waals surface area contributed by atoms with Gasteiger partial charge in [-0.3, -0.25) is 9.69 Å². The van der Waals surface area contributed by atoms with E-state index in [-0.39, 0.29) is 55.4 Å². The predicted octanol–water partition coefficient (Wildman–Crippen LogP) is -4.44. The summed E-state index contributed by atoms with van der Waals surface area (Å²) in [4.78, 5) is 24.5. The van der Waals surface area contributed by atoms with Gasteiger partial charge in [-0.15, -0.1) is 0 Å². The number of hydrogen-bond donors (Lipinski definition) is 0. The molecule has 2 atom stereocenters. The van der Waals surface area contributed by atoms with Crippen LogP contribution in [0.25, 0.3) is 0 Å². The van der Waals surface area contributed by atoms with E-state index in [0.29, 0.717) is 22.2 Å². The first-order chi connectivity index (χ1) is 10.6. The van der Waals surface area contributed by atoms with E-state index in [9.17, 15) is 31.0 Å². The van der Waals surface area contributed by atoms with Gasteiger partial charge >= 0.3 is 35.6 Å². The molecule has 14 heteroatoms. The molecule has 0 aromatic carbocycles. The number of fused-ring (bicyclic) bond motifs is 2. The van der Waals surface area contributed by atoms with Crippen LogP contribution < -0.4 is 29.6 Å². The van der Waals surface area contributed by atoms with E-state index in [1.165, 1.54) is 0 Å². The second-order valence-electron chi connectivity index (χ2n) is 5.63. The molecule has 3 fully saturated rings. The Bertz CT molecular complexity index is 737. The van der Waals surface area contributed by atoms with Crippen molar-refractivity contribution < 1.29 is 64.8 Å². The number of amides is 3. The van der Waals surface area contributed by atoms with Gasteiger partial charge in [0.25, 0.3) is 0 Å². The van der Waals surface area contributed by atoms with Gasteiger partial charge in [0.05, 0.1) is 11.3 Å². The molecule has 130 valence electrons. The third kappa shape index (κ3) is 3.57. The van der Waals surface area contributed by atoms with Crippen LogP contribution in [0.15, 0.2) is 0 Å². The fourth-order valence-corrected chi connectivity index (χ4v) is 5.05. The van der Waals surface area contributed by atoms with Gasteiger partial charge in [-0.05, 0) is 25.7 Å². The van der Waals surface area contributed by atoms with Crippen LogP contribution in [-0.4, -0.2) is 72.1 Å². The van der Waals surface area contributed by atoms with Crippen molar-refractivity contribution >= 4 is 32.9 Å². The summed E-state index contributed by atoms with van der Waals surface area (Å²) in [5, 5.41) is -0.188. The standard InChI is InChI=1S/C10H15N3O8S2.Na/c14-6-12(22(16,17)8-2-3-8)9-4-1-7-5-11(9)10(15)13(7)21-23(18,19)20;/h6-9H,1-5H2,(H,18,19,20);/q;+1/p-1/t7-,9+;/m1./s1. The van der Waals surface area contributed by atoms with E-state index in [1.807, 2.05) is 0 Å². The van der Waals surface area contributed by atoms with Gasteiger partial charge in [0.2, 0.25) is 26.8 Å². The summed E-state index contributed by atoms with van der Waals surface area (Å²) in [5.41, 5.74) is 0. The van der Waals surface area contributed by atoms with Crippen molar-refractivity contribution in [3.05, 3.63) is 0 Å². The van der Waals surface area contributed by atoms with Crippen molar-refractivity contribution in [3.8, 4) is 0 Å². The number of nitrogens with zero attached hydrogens (tertiary/aromatic N) is 3. The first-order valence-electron chi connectivity index (χ1n) is 6.88. The normalized spacial score (nSPS) is 27.0. The Morgan fingerprint density at radius 3 is 2.29 bits per heavy atom. The maximum absolute atomic E-state index is 12.3. The molecule has 0 N–H and O–H groups in total. The molecule has 11 nitrogen and oxygen atoms in total. The number of hydrogen-bond acceptors (Lipinski definition) is 8. The van der Waals surface area contributed by atoms with Gasteiger partial charge in [-0.2, -0.15) is 9.35 Å². The summed E-state index contributed by atoms with van der Waals surface area (Å²) in [5.74, 6) is 0. The maximum atomic E-state index is 12.3. The molecule has 0 unspecified atom stereocenters. The molecule has 0 spiro atoms. The third-order valence-electron chi connectivity index (χ3n) is 4.10. The predicted molar refractivity (Wildman–Crippen MR) is 71.4 cm³/mol. The van der Waals surface area contributed by atoms with E-state index < -0.39 is 43.9 Å². The van der Waals surface area contributed by atoms with Crippen molar-refractivity contribution in [2.24, 2.45) is 0 Å². The molecule has 2 heterocycles. The third-order valence-corrected chi connectivity index (χ3v) is 6.67. The topological polar surface area (TPSA) is 144 Å². The van der Waals surface area contributed by atoms with Gasteiger partial charge in [0.1, 0.15) is 6.17 Å². The number of hydroxylamine groups is 2. The maximum Gasteiger partial charge on any atom is 1.00 e. The monoisotopic (exact) mass is 391 g/mol. The number of rotatable bonds is 6. The molecular formula is C10H14N3NaO8S2. The van der Waals surface area contributed by atoms with Crippen molar-refractivity contribution in [1.82, 2.24) is 14.3 Å². The number of carbonyl (C=O) groups is 2. The Balaban J connectivity index is 0.00000208. The minimum atomic E-state index is -5.13. The molecule has 0 radical (unpaired) electrons. The molecule has 3 rings (SSSR count). The Morgan fingerprint density at radius 1 is 1.17 bits per heavy atom. The minimum absolute atomic E-state index is 0. The quantitative estimate of drug-likeness (QED) is 0.191. The second-order valence-corrected chi connectivity index (χ2v) is 8.72. The van der Waals surface area contributed by atoms with Crippen LogP contribution in [0.3, 0.4) is 0 Å². The molecule has 1 aliphatic carbocycles. The van der Waals surface area contributed by atoms with Crippen LogP contribution in [0.5, 0.6) is 0 Å². The van der Waals surface area contributed by atoms with Crippen LogP contribution in [0.4, 0.5) is 4.79 Å². The fraction of sp³-hybridized carbons (Fsp3) is 0.800. The number of urea groups is 1. The van der Waals surface area contributed by atoms with E-state index in [4.69, 9.17) is 0 Å². The fourth-order valence-electron chi connectivity index (χ4n) is 2.91. The average molecular weight is 391 g/mol. The summed E-state index contributed by atoms with van der Waals surface area (Å²) >= 11 is 0. The van der Waals surface area contributed by atoms with Gasteiger partial charge < -0.3 is 4.55 Å². The molecule has 0 aromatic heterocycles. The number of piperidine rings is 1. The van der Waals surface area contributed by atoms with E-state index in [2.05, 4.69) is 4.28 Å². The van der Waals surface area contributed by atoms with Crippen molar-refractivity contribution in [2.45, 2.75) is 43.1 Å². The summed E-state index contributed by atoms with van der Waals surface area (Å²) < 4.78 is 61.4. The average Bonchev–Trinajstić information content (AvgIpc) is 3.26. The molecule has 3 aliphatic rings. The van der Waals surface area contributed by atoms with Crippen LogP contribution in [0.2, 0.25) is 0 Å².